The Morgan fingerprint density at radius 2 is 2.05 bits per heavy atom. The van der Waals surface area contributed by atoms with Crippen LogP contribution in [0, 0.1) is 0 Å². The van der Waals surface area contributed by atoms with Crippen LogP contribution in [-0.2, 0) is 13.1 Å². The summed E-state index contributed by atoms with van der Waals surface area (Å²) in [7, 11) is 0. The lowest BCUT2D eigenvalue weighted by Crippen LogP contribution is -2.25. The van der Waals surface area contributed by atoms with Gasteiger partial charge in [0.15, 0.2) is 0 Å². The second-order valence-electron chi connectivity index (χ2n) is 5.37. The third kappa shape index (κ3) is 3.05. The molecule has 1 aromatic heterocycles. The molecule has 1 saturated heterocycles. The summed E-state index contributed by atoms with van der Waals surface area (Å²) in [5, 5.41) is 8.10. The lowest BCUT2D eigenvalue weighted by Gasteiger charge is -2.15. The number of likely N-dealkylation sites (tertiary alicyclic amines) is 1. The summed E-state index contributed by atoms with van der Waals surface area (Å²) in [6.45, 7) is 4.67. The molecule has 0 bridgehead atoms. The smallest absolute Gasteiger partial charge is 0.0962 e. The van der Waals surface area contributed by atoms with Gasteiger partial charge in [-0.15, -0.1) is 5.10 Å². The molecule has 1 aliphatic heterocycles. The van der Waals surface area contributed by atoms with Gasteiger partial charge in [0.25, 0.3) is 0 Å². The average Bonchev–Trinajstić information content (AvgIpc) is 3.15. The van der Waals surface area contributed by atoms with Crippen molar-refractivity contribution in [2.24, 2.45) is 5.73 Å². The molecule has 0 amide bonds. The molecule has 1 unspecified atom stereocenters. The molecule has 2 N–H and O–H groups in total. The molecular weight excluding hydrogens is 250 g/mol. The van der Waals surface area contributed by atoms with Gasteiger partial charge in [-0.3, -0.25) is 4.68 Å². The summed E-state index contributed by atoms with van der Waals surface area (Å²) < 4.78 is 1.89. The van der Waals surface area contributed by atoms with E-state index < -0.39 is 0 Å². The third-order valence-corrected chi connectivity index (χ3v) is 3.98. The lowest BCUT2D eigenvalue weighted by atomic mass is 9.99. The van der Waals surface area contributed by atoms with E-state index in [1.165, 1.54) is 12.0 Å². The maximum Gasteiger partial charge on any atom is 0.0962 e. The first-order valence-electron chi connectivity index (χ1n) is 7.21. The normalized spacial score (nSPS) is 19.6. The minimum absolute atomic E-state index is 0.458. The molecule has 0 aliphatic carbocycles. The standard InChI is InChI=1S/C15H21N5/c16-10-15-12-20(18-17-15)9-8-19-7-6-14(11-19)13-4-2-1-3-5-13/h1-5,12,14H,6-11,16H2. The third-order valence-electron chi connectivity index (χ3n) is 3.98. The number of benzene rings is 1. The predicted octanol–water partition coefficient (Wildman–Crippen LogP) is 1.23. The molecule has 1 aliphatic rings. The molecule has 5 nitrogen and oxygen atoms in total. The molecule has 1 aromatic carbocycles. The van der Waals surface area contributed by atoms with Crippen LogP contribution in [0.5, 0.6) is 0 Å². The minimum Gasteiger partial charge on any atom is -0.325 e. The van der Waals surface area contributed by atoms with Crippen LogP contribution in [-0.4, -0.2) is 39.5 Å². The Morgan fingerprint density at radius 3 is 2.80 bits per heavy atom. The van der Waals surface area contributed by atoms with E-state index in [1.54, 1.807) is 0 Å². The van der Waals surface area contributed by atoms with E-state index in [0.717, 1.165) is 31.9 Å². The maximum atomic E-state index is 5.54. The van der Waals surface area contributed by atoms with Crippen LogP contribution in [0.1, 0.15) is 23.6 Å². The summed E-state index contributed by atoms with van der Waals surface area (Å²) in [5.74, 6) is 0.673. The molecule has 5 heteroatoms. The first-order chi connectivity index (χ1) is 9.85. The number of aromatic nitrogens is 3. The highest BCUT2D eigenvalue weighted by Gasteiger charge is 2.23. The zero-order valence-electron chi connectivity index (χ0n) is 11.7. The Hall–Kier alpha value is -1.72. The molecule has 0 spiro atoms. The van der Waals surface area contributed by atoms with Gasteiger partial charge in [0.1, 0.15) is 0 Å². The number of nitrogens with zero attached hydrogens (tertiary/aromatic N) is 4. The highest BCUT2D eigenvalue weighted by atomic mass is 15.4. The van der Waals surface area contributed by atoms with Crippen molar-refractivity contribution in [3.05, 3.63) is 47.8 Å². The van der Waals surface area contributed by atoms with Crippen LogP contribution < -0.4 is 5.73 Å². The number of hydrogen-bond donors (Lipinski definition) is 1. The first kappa shape index (κ1) is 13.3. The van der Waals surface area contributed by atoms with Crippen LogP contribution >= 0.6 is 0 Å². The highest BCUT2D eigenvalue weighted by molar-refractivity contribution is 5.20. The molecule has 0 radical (unpaired) electrons. The molecule has 0 saturated carbocycles. The van der Waals surface area contributed by atoms with Crippen LogP contribution in [0.25, 0.3) is 0 Å². The Morgan fingerprint density at radius 1 is 1.20 bits per heavy atom. The maximum absolute atomic E-state index is 5.54. The van der Waals surface area contributed by atoms with Gasteiger partial charge in [0, 0.05) is 25.8 Å². The van der Waals surface area contributed by atoms with Crippen molar-refractivity contribution >= 4 is 0 Å². The van der Waals surface area contributed by atoms with E-state index in [4.69, 9.17) is 5.73 Å². The van der Waals surface area contributed by atoms with Crippen molar-refractivity contribution in [3.63, 3.8) is 0 Å². The monoisotopic (exact) mass is 271 g/mol. The van der Waals surface area contributed by atoms with E-state index >= 15 is 0 Å². The van der Waals surface area contributed by atoms with E-state index in [1.807, 2.05) is 10.9 Å². The second kappa shape index (κ2) is 6.15. The Kier molecular flexibility index (Phi) is 4.08. The number of rotatable bonds is 5. The van der Waals surface area contributed by atoms with Crippen LogP contribution in [0.3, 0.4) is 0 Å². The van der Waals surface area contributed by atoms with E-state index in [2.05, 4.69) is 45.5 Å². The molecule has 106 valence electrons. The van der Waals surface area contributed by atoms with Crippen LogP contribution in [0.2, 0.25) is 0 Å². The van der Waals surface area contributed by atoms with Gasteiger partial charge in [0.05, 0.1) is 12.2 Å². The molecule has 20 heavy (non-hydrogen) atoms. The van der Waals surface area contributed by atoms with Crippen molar-refractivity contribution in [1.82, 2.24) is 19.9 Å². The number of nitrogens with two attached hydrogens (primary N) is 1. The van der Waals surface area contributed by atoms with Crippen molar-refractivity contribution in [3.8, 4) is 0 Å². The molecule has 2 aromatic rings. The van der Waals surface area contributed by atoms with Gasteiger partial charge in [-0.2, -0.15) is 0 Å². The van der Waals surface area contributed by atoms with Gasteiger partial charge in [-0.05, 0) is 24.4 Å². The van der Waals surface area contributed by atoms with Gasteiger partial charge in [-0.1, -0.05) is 35.5 Å². The highest BCUT2D eigenvalue weighted by Crippen LogP contribution is 2.26. The van der Waals surface area contributed by atoms with E-state index in [-0.39, 0.29) is 0 Å². The molecule has 1 fully saturated rings. The molecule has 3 rings (SSSR count). The summed E-state index contributed by atoms with van der Waals surface area (Å²) >= 11 is 0. The predicted molar refractivity (Wildman–Crippen MR) is 78.2 cm³/mol. The average molecular weight is 271 g/mol. The summed E-state index contributed by atoms with van der Waals surface area (Å²) in [6.07, 6.45) is 3.18. The van der Waals surface area contributed by atoms with Crippen molar-refractivity contribution in [2.75, 3.05) is 19.6 Å². The second-order valence-corrected chi connectivity index (χ2v) is 5.37. The Labute approximate surface area is 119 Å². The topological polar surface area (TPSA) is 60.0 Å². The van der Waals surface area contributed by atoms with Gasteiger partial charge in [0.2, 0.25) is 0 Å². The number of hydrogen-bond acceptors (Lipinski definition) is 4. The van der Waals surface area contributed by atoms with Gasteiger partial charge < -0.3 is 10.6 Å². The van der Waals surface area contributed by atoms with Gasteiger partial charge >= 0.3 is 0 Å². The van der Waals surface area contributed by atoms with Gasteiger partial charge in [-0.25, -0.2) is 0 Å². The Bertz CT molecular complexity index is 536. The minimum atomic E-state index is 0.458. The summed E-state index contributed by atoms with van der Waals surface area (Å²) in [4.78, 5) is 2.50. The fourth-order valence-electron chi connectivity index (χ4n) is 2.82. The first-order valence-corrected chi connectivity index (χ1v) is 7.21. The summed E-state index contributed by atoms with van der Waals surface area (Å²) in [5.41, 5.74) is 7.85. The van der Waals surface area contributed by atoms with E-state index in [0.29, 0.717) is 12.5 Å². The SMILES string of the molecule is NCc1cn(CCN2CCC(c3ccccc3)C2)nn1. The van der Waals surface area contributed by atoms with Crippen molar-refractivity contribution < 1.29 is 0 Å². The quantitative estimate of drug-likeness (QED) is 0.888. The molecule has 1 atom stereocenters. The summed E-state index contributed by atoms with van der Waals surface area (Å²) in [6, 6.07) is 10.8. The van der Waals surface area contributed by atoms with Crippen molar-refractivity contribution in [2.45, 2.75) is 25.4 Å². The fraction of sp³-hybridized carbons (Fsp3) is 0.467. The molecule has 2 heterocycles. The zero-order chi connectivity index (χ0) is 13.8. The largest absolute Gasteiger partial charge is 0.325 e. The molecular formula is C15H21N5. The van der Waals surface area contributed by atoms with Crippen molar-refractivity contribution in [1.29, 1.82) is 0 Å². The van der Waals surface area contributed by atoms with E-state index in [9.17, 15) is 0 Å². The zero-order valence-corrected chi connectivity index (χ0v) is 11.7. The van der Waals surface area contributed by atoms with Crippen LogP contribution in [0.4, 0.5) is 0 Å². The van der Waals surface area contributed by atoms with Crippen LogP contribution in [0.15, 0.2) is 36.5 Å². The Balaban J connectivity index is 1.50. The fourth-order valence-corrected chi connectivity index (χ4v) is 2.82. The lowest BCUT2D eigenvalue weighted by molar-refractivity contribution is 0.310.